The number of rotatable bonds is 3. The number of fused-ring (bicyclic) bond motifs is 6. The first-order valence-electron chi connectivity index (χ1n) is 14.3. The van der Waals surface area contributed by atoms with E-state index in [1.54, 1.807) is 0 Å². The first-order chi connectivity index (χ1) is 21.3. The summed E-state index contributed by atoms with van der Waals surface area (Å²) in [4.78, 5) is 19.7. The Bertz CT molecular complexity index is 2510. The largest absolute Gasteiger partial charge is 0.278 e. The van der Waals surface area contributed by atoms with E-state index in [0.29, 0.717) is 5.95 Å². The molecule has 9 aromatic rings. The molecule has 4 aromatic heterocycles. The zero-order chi connectivity index (χ0) is 28.3. The minimum absolute atomic E-state index is 0.639. The predicted molar refractivity (Wildman–Crippen MR) is 175 cm³/mol. The maximum absolute atomic E-state index is 5.24. The minimum Gasteiger partial charge on any atom is -0.278 e. The van der Waals surface area contributed by atoms with Crippen LogP contribution in [0.4, 0.5) is 0 Å². The monoisotopic (exact) mass is 549 g/mol. The van der Waals surface area contributed by atoms with Crippen molar-refractivity contribution in [2.24, 2.45) is 0 Å². The fraction of sp³-hybridized carbons (Fsp3) is 0. The van der Waals surface area contributed by atoms with Gasteiger partial charge < -0.3 is 0 Å². The summed E-state index contributed by atoms with van der Waals surface area (Å²) in [6.07, 6.45) is 3.73. The molecule has 0 aliphatic heterocycles. The van der Waals surface area contributed by atoms with Crippen molar-refractivity contribution in [3.8, 4) is 28.5 Å². The van der Waals surface area contributed by atoms with E-state index in [-0.39, 0.29) is 0 Å². The van der Waals surface area contributed by atoms with Crippen molar-refractivity contribution in [1.29, 1.82) is 0 Å². The topological polar surface area (TPSA) is 56.5 Å². The smallest absolute Gasteiger partial charge is 0.235 e. The molecular weight excluding hydrogens is 526 g/mol. The van der Waals surface area contributed by atoms with Crippen LogP contribution in [0.15, 0.2) is 140 Å². The van der Waals surface area contributed by atoms with Crippen LogP contribution in [0, 0.1) is 0 Å². The van der Waals surface area contributed by atoms with Crippen LogP contribution in [0.1, 0.15) is 0 Å². The highest BCUT2D eigenvalue weighted by Gasteiger charge is 2.18. The second-order valence-electron chi connectivity index (χ2n) is 10.8. The van der Waals surface area contributed by atoms with E-state index in [9.17, 15) is 0 Å². The van der Waals surface area contributed by atoms with Gasteiger partial charge in [0, 0.05) is 45.1 Å². The van der Waals surface area contributed by atoms with Gasteiger partial charge in [-0.1, -0.05) is 78.9 Å². The van der Waals surface area contributed by atoms with Gasteiger partial charge in [0.25, 0.3) is 0 Å². The van der Waals surface area contributed by atoms with E-state index in [4.69, 9.17) is 15.0 Å². The lowest BCUT2D eigenvalue weighted by Gasteiger charge is -2.12. The molecule has 0 amide bonds. The molecule has 0 aliphatic rings. The van der Waals surface area contributed by atoms with Crippen LogP contribution >= 0.6 is 0 Å². The van der Waals surface area contributed by atoms with Crippen LogP contribution in [0.25, 0.3) is 82.8 Å². The van der Waals surface area contributed by atoms with Crippen LogP contribution in [0.5, 0.6) is 0 Å². The van der Waals surface area contributed by atoms with Crippen molar-refractivity contribution in [2.75, 3.05) is 0 Å². The SMILES string of the molecule is c1ccc2cc3c(cc2c1)c1ccccc1n3-c1nc(-c2ccc(-c3ccc4cccnc4c3)nc2)c2ccccc2n1. The molecule has 5 heteroatoms. The highest BCUT2D eigenvalue weighted by atomic mass is 15.2. The van der Waals surface area contributed by atoms with Crippen molar-refractivity contribution in [1.82, 2.24) is 24.5 Å². The van der Waals surface area contributed by atoms with Gasteiger partial charge in [0.15, 0.2) is 0 Å². The molecule has 0 saturated heterocycles. The summed E-state index contributed by atoms with van der Waals surface area (Å²) in [5, 5.41) is 6.86. The Morgan fingerprint density at radius 3 is 2.12 bits per heavy atom. The fourth-order valence-electron chi connectivity index (χ4n) is 6.19. The molecular formula is C38H23N5. The summed E-state index contributed by atoms with van der Waals surface area (Å²) >= 11 is 0. The third kappa shape index (κ3) is 3.79. The molecule has 0 N–H and O–H groups in total. The fourth-order valence-corrected chi connectivity index (χ4v) is 6.19. The molecule has 0 fully saturated rings. The van der Waals surface area contributed by atoms with Gasteiger partial charge in [0.05, 0.1) is 33.5 Å². The number of nitrogens with zero attached hydrogens (tertiary/aromatic N) is 5. The van der Waals surface area contributed by atoms with E-state index in [0.717, 1.165) is 55.4 Å². The van der Waals surface area contributed by atoms with Crippen molar-refractivity contribution >= 4 is 54.4 Å². The van der Waals surface area contributed by atoms with E-state index in [1.807, 2.05) is 30.6 Å². The third-order valence-corrected chi connectivity index (χ3v) is 8.27. The molecule has 5 aromatic carbocycles. The first-order valence-corrected chi connectivity index (χ1v) is 14.3. The third-order valence-electron chi connectivity index (χ3n) is 8.27. The average Bonchev–Trinajstić information content (AvgIpc) is 3.39. The Morgan fingerprint density at radius 1 is 0.465 bits per heavy atom. The van der Waals surface area contributed by atoms with Gasteiger partial charge in [0.1, 0.15) is 0 Å². The quantitative estimate of drug-likeness (QED) is 0.220. The van der Waals surface area contributed by atoms with Crippen molar-refractivity contribution < 1.29 is 0 Å². The molecule has 9 rings (SSSR count). The first kappa shape index (κ1) is 23.7. The molecule has 43 heavy (non-hydrogen) atoms. The number of aromatic nitrogens is 5. The summed E-state index contributed by atoms with van der Waals surface area (Å²) in [6, 6.07) is 44.1. The molecule has 0 unspecified atom stereocenters. The number of pyridine rings is 2. The maximum atomic E-state index is 5.24. The lowest BCUT2D eigenvalue weighted by atomic mass is 10.1. The van der Waals surface area contributed by atoms with E-state index < -0.39 is 0 Å². The summed E-state index contributed by atoms with van der Waals surface area (Å²) < 4.78 is 2.19. The molecule has 0 atom stereocenters. The van der Waals surface area contributed by atoms with Gasteiger partial charge in [-0.05, 0) is 59.3 Å². The minimum atomic E-state index is 0.639. The lowest BCUT2D eigenvalue weighted by Crippen LogP contribution is -2.03. The van der Waals surface area contributed by atoms with Crippen LogP contribution in [0.2, 0.25) is 0 Å². The molecule has 4 heterocycles. The predicted octanol–water partition coefficient (Wildman–Crippen LogP) is 9.16. The van der Waals surface area contributed by atoms with E-state index in [1.165, 1.54) is 21.5 Å². The Labute approximate surface area is 246 Å². The Hall–Kier alpha value is -5.94. The summed E-state index contributed by atoms with van der Waals surface area (Å²) in [6.45, 7) is 0. The molecule has 0 saturated carbocycles. The van der Waals surface area contributed by atoms with Gasteiger partial charge in [-0.2, -0.15) is 0 Å². The van der Waals surface area contributed by atoms with Crippen LogP contribution in [0.3, 0.4) is 0 Å². The molecule has 200 valence electrons. The van der Waals surface area contributed by atoms with Gasteiger partial charge in [-0.15, -0.1) is 0 Å². The van der Waals surface area contributed by atoms with E-state index >= 15 is 0 Å². The summed E-state index contributed by atoms with van der Waals surface area (Å²) in [5.74, 6) is 0.639. The van der Waals surface area contributed by atoms with Gasteiger partial charge in [-0.25, -0.2) is 9.97 Å². The molecule has 0 spiro atoms. The van der Waals surface area contributed by atoms with E-state index in [2.05, 4.69) is 119 Å². The second-order valence-corrected chi connectivity index (χ2v) is 10.8. The Kier molecular flexibility index (Phi) is 5.13. The normalized spacial score (nSPS) is 11.7. The second kappa shape index (κ2) is 9.29. The summed E-state index contributed by atoms with van der Waals surface area (Å²) in [7, 11) is 0. The van der Waals surface area contributed by atoms with Crippen molar-refractivity contribution in [3.63, 3.8) is 0 Å². The van der Waals surface area contributed by atoms with Gasteiger partial charge in [0.2, 0.25) is 5.95 Å². The van der Waals surface area contributed by atoms with Gasteiger partial charge >= 0.3 is 0 Å². The average molecular weight is 550 g/mol. The van der Waals surface area contributed by atoms with Crippen molar-refractivity contribution in [3.05, 3.63) is 140 Å². The zero-order valence-electron chi connectivity index (χ0n) is 23.0. The number of benzene rings is 5. The van der Waals surface area contributed by atoms with Crippen molar-refractivity contribution in [2.45, 2.75) is 0 Å². The van der Waals surface area contributed by atoms with Gasteiger partial charge in [-0.3, -0.25) is 14.5 Å². The molecule has 0 aliphatic carbocycles. The highest BCUT2D eigenvalue weighted by molar-refractivity contribution is 6.13. The molecule has 0 bridgehead atoms. The molecule has 5 nitrogen and oxygen atoms in total. The standard InChI is InChI=1S/C38H23N5/c1-2-9-26-22-36-31(20-25(26)8-1)29-11-4-6-14-35(29)43(36)38-41-33-13-5-3-12-30(33)37(42-38)28-17-18-32(40-23-28)27-16-15-24-10-7-19-39-34(24)21-27/h1-23H. The van der Waals surface area contributed by atoms with Crippen LogP contribution in [-0.2, 0) is 0 Å². The van der Waals surface area contributed by atoms with Crippen LogP contribution < -0.4 is 0 Å². The number of para-hydroxylation sites is 2. The Morgan fingerprint density at radius 2 is 1.23 bits per heavy atom. The number of hydrogen-bond donors (Lipinski definition) is 0. The lowest BCUT2D eigenvalue weighted by molar-refractivity contribution is 1.01. The molecule has 0 radical (unpaired) electrons. The zero-order valence-corrected chi connectivity index (χ0v) is 23.0. The number of hydrogen-bond acceptors (Lipinski definition) is 4. The maximum Gasteiger partial charge on any atom is 0.235 e. The Balaban J connectivity index is 1.25. The highest BCUT2D eigenvalue weighted by Crippen LogP contribution is 2.36. The summed E-state index contributed by atoms with van der Waals surface area (Å²) in [5.41, 5.74) is 7.72. The van der Waals surface area contributed by atoms with Crippen LogP contribution in [-0.4, -0.2) is 24.5 Å².